The SMILES string of the molecule is C=CCCC(=O)C(=O)C(CCC)CC(=O)[C@@H]1[C@@H]2[C@H](CN1C(=O)[C@@H](NC(=O)N[C@H](C(=O)OCC1CC1)C(C)C)C(C)(C)C)C2(C)C. The Kier molecular flexibility index (Phi) is 11.8. The highest BCUT2D eigenvalue weighted by Gasteiger charge is 2.69. The average molecular weight is 630 g/mol. The Labute approximate surface area is 268 Å². The van der Waals surface area contributed by atoms with Crippen molar-refractivity contribution < 1.29 is 33.5 Å². The third-order valence-corrected chi connectivity index (χ3v) is 9.88. The van der Waals surface area contributed by atoms with Gasteiger partial charge in [0.05, 0.1) is 12.6 Å². The number of Topliss-reactive ketones (excluding diaryl/α,β-unsaturated/α-hetero) is 3. The predicted molar refractivity (Wildman–Crippen MR) is 171 cm³/mol. The van der Waals surface area contributed by atoms with Crippen molar-refractivity contribution in [3.8, 4) is 0 Å². The van der Waals surface area contributed by atoms with Crippen LogP contribution in [0.25, 0.3) is 0 Å². The zero-order chi connectivity index (χ0) is 33.9. The number of rotatable bonds is 17. The molecule has 10 heteroatoms. The quantitative estimate of drug-likeness (QED) is 0.136. The lowest BCUT2D eigenvalue weighted by atomic mass is 9.84. The Morgan fingerprint density at radius 1 is 1.07 bits per heavy atom. The van der Waals surface area contributed by atoms with Gasteiger partial charge in [0, 0.05) is 25.3 Å². The molecule has 252 valence electrons. The number of esters is 1. The van der Waals surface area contributed by atoms with Crippen LogP contribution in [0.5, 0.6) is 0 Å². The number of ether oxygens (including phenoxy) is 1. The number of carbonyl (C=O) groups excluding carboxylic acids is 6. The van der Waals surface area contributed by atoms with E-state index < -0.39 is 53.0 Å². The van der Waals surface area contributed by atoms with Gasteiger partial charge in [0.15, 0.2) is 11.6 Å². The van der Waals surface area contributed by atoms with Crippen LogP contribution in [0.1, 0.15) is 100 Å². The number of amides is 3. The third kappa shape index (κ3) is 8.82. The molecule has 0 radical (unpaired) electrons. The van der Waals surface area contributed by atoms with E-state index in [9.17, 15) is 28.8 Å². The van der Waals surface area contributed by atoms with Gasteiger partial charge in [-0.1, -0.05) is 67.9 Å². The van der Waals surface area contributed by atoms with Gasteiger partial charge in [-0.25, -0.2) is 9.59 Å². The fourth-order valence-corrected chi connectivity index (χ4v) is 6.71. The van der Waals surface area contributed by atoms with Crippen LogP contribution >= 0.6 is 0 Å². The number of carbonyl (C=O) groups is 6. The maximum absolute atomic E-state index is 14.2. The van der Waals surface area contributed by atoms with Crippen molar-refractivity contribution in [1.29, 1.82) is 0 Å². The van der Waals surface area contributed by atoms with E-state index in [4.69, 9.17) is 4.74 Å². The van der Waals surface area contributed by atoms with Crippen molar-refractivity contribution in [3.05, 3.63) is 12.7 Å². The van der Waals surface area contributed by atoms with E-state index in [1.54, 1.807) is 11.0 Å². The second-order valence-electron chi connectivity index (χ2n) is 15.4. The summed E-state index contributed by atoms with van der Waals surface area (Å²) >= 11 is 0. The molecule has 0 aromatic rings. The number of allylic oxidation sites excluding steroid dienone is 1. The molecule has 45 heavy (non-hydrogen) atoms. The number of ketones is 3. The van der Waals surface area contributed by atoms with Crippen LogP contribution in [0.2, 0.25) is 0 Å². The first kappa shape index (κ1) is 36.4. The number of fused-ring (bicyclic) bond motifs is 1. The topological polar surface area (TPSA) is 139 Å². The largest absolute Gasteiger partial charge is 0.464 e. The molecule has 3 rings (SSSR count). The summed E-state index contributed by atoms with van der Waals surface area (Å²) in [5.41, 5.74) is -0.864. The molecule has 3 aliphatic rings. The van der Waals surface area contributed by atoms with Crippen LogP contribution in [0.4, 0.5) is 4.79 Å². The Balaban J connectivity index is 1.78. The summed E-state index contributed by atoms with van der Waals surface area (Å²) in [5.74, 6) is -2.65. The van der Waals surface area contributed by atoms with E-state index in [0.717, 1.165) is 12.8 Å². The van der Waals surface area contributed by atoms with Gasteiger partial charge in [0.1, 0.15) is 12.1 Å². The van der Waals surface area contributed by atoms with Crippen LogP contribution in [-0.4, -0.2) is 71.4 Å². The lowest BCUT2D eigenvalue weighted by Gasteiger charge is -2.38. The number of hydrogen-bond acceptors (Lipinski definition) is 7. The number of nitrogens with zero attached hydrogens (tertiary/aromatic N) is 1. The molecule has 10 nitrogen and oxygen atoms in total. The van der Waals surface area contributed by atoms with Crippen LogP contribution in [-0.2, 0) is 28.7 Å². The highest BCUT2D eigenvalue weighted by Crippen LogP contribution is 2.65. The average Bonchev–Trinajstić information content (AvgIpc) is 3.82. The van der Waals surface area contributed by atoms with Gasteiger partial charge >= 0.3 is 12.0 Å². The number of piperidine rings is 1. The highest BCUT2D eigenvalue weighted by atomic mass is 16.5. The van der Waals surface area contributed by atoms with E-state index in [1.165, 1.54) is 0 Å². The Morgan fingerprint density at radius 2 is 1.71 bits per heavy atom. The van der Waals surface area contributed by atoms with Gasteiger partial charge in [-0.05, 0) is 60.2 Å². The molecule has 3 amide bonds. The summed E-state index contributed by atoms with van der Waals surface area (Å²) in [6.45, 7) is 19.5. The molecule has 1 saturated heterocycles. The third-order valence-electron chi connectivity index (χ3n) is 9.88. The summed E-state index contributed by atoms with van der Waals surface area (Å²) in [6, 6.07) is -3.28. The molecule has 0 aromatic carbocycles. The van der Waals surface area contributed by atoms with Gasteiger partial charge in [-0.3, -0.25) is 19.2 Å². The molecule has 1 aliphatic heterocycles. The van der Waals surface area contributed by atoms with E-state index in [2.05, 4.69) is 31.1 Å². The summed E-state index contributed by atoms with van der Waals surface area (Å²) in [5, 5.41) is 5.52. The molecule has 0 aromatic heterocycles. The molecule has 1 heterocycles. The van der Waals surface area contributed by atoms with Crippen molar-refractivity contribution in [2.24, 2.45) is 40.4 Å². The van der Waals surface area contributed by atoms with Gasteiger partial charge in [-0.2, -0.15) is 0 Å². The number of nitrogens with one attached hydrogen (secondary N) is 2. The summed E-state index contributed by atoms with van der Waals surface area (Å²) in [6.07, 6.45) is 5.07. The van der Waals surface area contributed by atoms with E-state index in [-0.39, 0.29) is 47.7 Å². The number of likely N-dealkylation sites (tertiary alicyclic amines) is 1. The first-order valence-electron chi connectivity index (χ1n) is 16.7. The lowest BCUT2D eigenvalue weighted by Crippen LogP contribution is -2.61. The number of hydrogen-bond donors (Lipinski definition) is 2. The summed E-state index contributed by atoms with van der Waals surface area (Å²) in [4.78, 5) is 81.4. The molecular weight excluding hydrogens is 574 g/mol. The maximum Gasteiger partial charge on any atom is 0.328 e. The second kappa shape index (κ2) is 14.6. The molecule has 6 atom stereocenters. The Morgan fingerprint density at radius 3 is 2.24 bits per heavy atom. The predicted octanol–water partition coefficient (Wildman–Crippen LogP) is 4.64. The van der Waals surface area contributed by atoms with Gasteiger partial charge in [0.25, 0.3) is 0 Å². The van der Waals surface area contributed by atoms with Crippen LogP contribution in [0.15, 0.2) is 12.7 Å². The van der Waals surface area contributed by atoms with Crippen LogP contribution in [0, 0.1) is 40.4 Å². The monoisotopic (exact) mass is 629 g/mol. The molecule has 0 spiro atoms. The summed E-state index contributed by atoms with van der Waals surface area (Å²) in [7, 11) is 0. The molecule has 2 saturated carbocycles. The minimum Gasteiger partial charge on any atom is -0.464 e. The fraction of sp³-hybridized carbons (Fsp3) is 0.771. The highest BCUT2D eigenvalue weighted by molar-refractivity contribution is 6.38. The maximum atomic E-state index is 14.2. The molecule has 1 unspecified atom stereocenters. The standard InChI is InChI=1S/C35H55N3O7/c1-10-12-14-24(39)29(41)22(13-11-2)17-25(40)28-26-23(35(26,8)9)18-38(28)31(42)30(34(5,6)7)37-33(44)36-27(20(3)4)32(43)45-19-21-15-16-21/h10,20-23,26-28,30H,1,11-19H2,2-9H3,(H2,36,37,44)/t22?,23-,26-,27-,28+,30+/m0/s1. The van der Waals surface area contributed by atoms with Crippen molar-refractivity contribution in [2.75, 3.05) is 13.2 Å². The first-order chi connectivity index (χ1) is 20.9. The van der Waals surface area contributed by atoms with Gasteiger partial charge < -0.3 is 20.3 Å². The Bertz CT molecular complexity index is 1170. The van der Waals surface area contributed by atoms with Crippen molar-refractivity contribution >= 4 is 35.3 Å². The minimum atomic E-state index is -0.989. The van der Waals surface area contributed by atoms with E-state index in [0.29, 0.717) is 38.3 Å². The molecule has 2 aliphatic carbocycles. The molecule has 3 fully saturated rings. The molecule has 0 bridgehead atoms. The van der Waals surface area contributed by atoms with Gasteiger partial charge in [-0.15, -0.1) is 6.58 Å². The smallest absolute Gasteiger partial charge is 0.328 e. The van der Waals surface area contributed by atoms with Crippen molar-refractivity contribution in [3.63, 3.8) is 0 Å². The minimum absolute atomic E-state index is 0.0659. The first-order valence-corrected chi connectivity index (χ1v) is 16.7. The fourth-order valence-electron chi connectivity index (χ4n) is 6.71. The van der Waals surface area contributed by atoms with Crippen molar-refractivity contribution in [1.82, 2.24) is 15.5 Å². The Hall–Kier alpha value is -3.04. The number of urea groups is 1. The normalized spacial score (nSPS) is 23.8. The van der Waals surface area contributed by atoms with E-state index >= 15 is 0 Å². The van der Waals surface area contributed by atoms with Crippen molar-refractivity contribution in [2.45, 2.75) is 118 Å². The zero-order valence-corrected chi connectivity index (χ0v) is 28.6. The molecule has 2 N–H and O–H groups in total. The lowest BCUT2D eigenvalue weighted by molar-refractivity contribution is -0.147. The zero-order valence-electron chi connectivity index (χ0n) is 28.6. The second-order valence-corrected chi connectivity index (χ2v) is 15.4. The van der Waals surface area contributed by atoms with Crippen LogP contribution < -0.4 is 10.6 Å². The summed E-state index contributed by atoms with van der Waals surface area (Å²) < 4.78 is 5.42. The van der Waals surface area contributed by atoms with Crippen LogP contribution in [0.3, 0.4) is 0 Å². The molecular formula is C35H55N3O7. The van der Waals surface area contributed by atoms with Gasteiger partial charge in [0.2, 0.25) is 11.7 Å². The van der Waals surface area contributed by atoms with E-state index in [1.807, 2.05) is 41.5 Å².